The molecule has 0 amide bonds. The van der Waals surface area contributed by atoms with Gasteiger partial charge in [-0.1, -0.05) is 28.1 Å². The molecular formula is C28H20Br3N3O6. The first-order valence-corrected chi connectivity index (χ1v) is 14.4. The second kappa shape index (κ2) is 11.6. The van der Waals surface area contributed by atoms with E-state index in [1.165, 1.54) is 17.8 Å². The van der Waals surface area contributed by atoms with Crippen molar-refractivity contribution in [3.05, 3.63) is 83.9 Å². The third kappa shape index (κ3) is 5.43. The van der Waals surface area contributed by atoms with Gasteiger partial charge in [0.1, 0.15) is 5.58 Å². The predicted octanol–water partition coefficient (Wildman–Crippen LogP) is 7.23. The first-order chi connectivity index (χ1) is 19.2. The van der Waals surface area contributed by atoms with Crippen LogP contribution in [0.4, 0.5) is 0 Å². The lowest BCUT2D eigenvalue weighted by Gasteiger charge is -2.18. The molecule has 1 atom stereocenters. The van der Waals surface area contributed by atoms with Gasteiger partial charge in [0.15, 0.2) is 23.4 Å². The lowest BCUT2D eigenvalue weighted by atomic mass is 10.2. The summed E-state index contributed by atoms with van der Waals surface area (Å²) in [5.41, 5.74) is 1.29. The van der Waals surface area contributed by atoms with Crippen LogP contribution in [0.2, 0.25) is 0 Å². The van der Waals surface area contributed by atoms with E-state index < -0.39 is 12.1 Å². The van der Waals surface area contributed by atoms with Crippen molar-refractivity contribution >= 4 is 81.8 Å². The zero-order valence-electron chi connectivity index (χ0n) is 21.0. The van der Waals surface area contributed by atoms with Crippen molar-refractivity contribution in [3.63, 3.8) is 0 Å². The highest BCUT2D eigenvalue weighted by Crippen LogP contribution is 2.43. The van der Waals surface area contributed by atoms with Crippen molar-refractivity contribution in [1.82, 2.24) is 9.66 Å². The monoisotopic (exact) mass is 731 g/mol. The molecule has 40 heavy (non-hydrogen) atoms. The van der Waals surface area contributed by atoms with Crippen molar-refractivity contribution in [3.8, 4) is 23.1 Å². The highest BCUT2D eigenvalue weighted by molar-refractivity contribution is 9.13. The summed E-state index contributed by atoms with van der Waals surface area (Å²) in [7, 11) is 0. The molecule has 12 heteroatoms. The number of rotatable bonds is 8. The Kier molecular flexibility index (Phi) is 8.11. The highest BCUT2D eigenvalue weighted by Gasteiger charge is 2.22. The van der Waals surface area contributed by atoms with E-state index in [1.54, 1.807) is 43.3 Å². The minimum atomic E-state index is -1.12. The number of hydrogen-bond donors (Lipinski definition) is 1. The molecule has 0 spiro atoms. The Bertz CT molecular complexity index is 1860. The number of carboxylic acids is 1. The van der Waals surface area contributed by atoms with Gasteiger partial charge in [-0.2, -0.15) is 9.78 Å². The van der Waals surface area contributed by atoms with E-state index in [4.69, 9.17) is 18.9 Å². The van der Waals surface area contributed by atoms with Crippen LogP contribution in [-0.4, -0.2) is 39.7 Å². The number of benzene rings is 3. The molecule has 0 saturated heterocycles. The molecule has 2 aromatic heterocycles. The highest BCUT2D eigenvalue weighted by atomic mass is 79.9. The second-order valence-electron chi connectivity index (χ2n) is 8.56. The summed E-state index contributed by atoms with van der Waals surface area (Å²) in [4.78, 5) is 29.7. The van der Waals surface area contributed by atoms with Gasteiger partial charge in [0, 0.05) is 19.9 Å². The van der Waals surface area contributed by atoms with Crippen LogP contribution in [0, 0.1) is 0 Å². The smallest absolute Gasteiger partial charge is 0.344 e. The lowest BCUT2D eigenvalue weighted by Crippen LogP contribution is -2.23. The molecule has 9 nitrogen and oxygen atoms in total. The number of aliphatic carboxylic acids is 1. The van der Waals surface area contributed by atoms with Gasteiger partial charge in [0.05, 0.1) is 28.2 Å². The molecule has 0 radical (unpaired) electrons. The minimum Gasteiger partial charge on any atom is -0.490 e. The van der Waals surface area contributed by atoms with Crippen molar-refractivity contribution < 1.29 is 23.8 Å². The van der Waals surface area contributed by atoms with Crippen molar-refractivity contribution in [2.75, 3.05) is 6.61 Å². The number of carbonyl (C=O) groups is 1. The van der Waals surface area contributed by atoms with Crippen molar-refractivity contribution in [1.29, 1.82) is 0 Å². The molecule has 0 fully saturated rings. The van der Waals surface area contributed by atoms with Crippen LogP contribution in [0.3, 0.4) is 0 Å². The summed E-state index contributed by atoms with van der Waals surface area (Å²) >= 11 is 10.5. The lowest BCUT2D eigenvalue weighted by molar-refractivity contribution is -0.144. The molecule has 0 saturated carbocycles. The summed E-state index contributed by atoms with van der Waals surface area (Å²) in [6.45, 7) is 3.53. The Morgan fingerprint density at radius 2 is 1.93 bits per heavy atom. The van der Waals surface area contributed by atoms with Gasteiger partial charge in [0.2, 0.25) is 5.82 Å². The summed E-state index contributed by atoms with van der Waals surface area (Å²) in [5.74, 6) is 0.000820. The summed E-state index contributed by atoms with van der Waals surface area (Å²) in [6.07, 6.45) is 0.360. The third-order valence-corrected chi connectivity index (χ3v) is 8.50. The molecule has 0 aliphatic rings. The minimum absolute atomic E-state index is 0.222. The number of ether oxygens (including phenoxy) is 2. The number of para-hydroxylation sites is 1. The molecule has 3 aromatic carbocycles. The Hall–Kier alpha value is -3.48. The number of halogens is 3. The third-order valence-electron chi connectivity index (χ3n) is 5.86. The number of hydrogen-bond acceptors (Lipinski definition) is 7. The fourth-order valence-corrected chi connectivity index (χ4v) is 5.23. The standard InChI is InChI=1S/C28H20Br3N3O6/c1-3-38-21-12-16(23(30)24(31)25(21)39-14(2)28(36)37)13-32-34-26(33-19-7-5-4-6-18(19)27(34)35)22-11-15-10-17(29)8-9-20(15)40-22/h4-14H,3H2,1-2H3,(H,36,37)/t14-/m0/s1. The van der Waals surface area contributed by atoms with E-state index >= 15 is 0 Å². The van der Waals surface area contributed by atoms with E-state index in [1.807, 2.05) is 18.2 Å². The van der Waals surface area contributed by atoms with E-state index in [0.717, 1.165) is 9.86 Å². The van der Waals surface area contributed by atoms with Gasteiger partial charge < -0.3 is 19.0 Å². The molecule has 0 bridgehead atoms. The van der Waals surface area contributed by atoms with E-state index in [0.29, 0.717) is 49.1 Å². The van der Waals surface area contributed by atoms with Crippen LogP contribution in [-0.2, 0) is 4.79 Å². The van der Waals surface area contributed by atoms with Gasteiger partial charge in [-0.15, -0.1) is 0 Å². The summed E-state index contributed by atoms with van der Waals surface area (Å²) in [5, 5.41) is 15.1. The predicted molar refractivity (Wildman–Crippen MR) is 163 cm³/mol. The topological polar surface area (TPSA) is 116 Å². The van der Waals surface area contributed by atoms with Crippen LogP contribution in [0.1, 0.15) is 19.4 Å². The maximum atomic E-state index is 13.6. The molecule has 5 aromatic rings. The van der Waals surface area contributed by atoms with Crippen LogP contribution < -0.4 is 15.0 Å². The zero-order valence-corrected chi connectivity index (χ0v) is 25.8. The number of nitrogens with zero attached hydrogens (tertiary/aromatic N) is 3. The first kappa shape index (κ1) is 28.1. The Morgan fingerprint density at radius 3 is 2.67 bits per heavy atom. The number of furan rings is 1. The van der Waals surface area contributed by atoms with Crippen LogP contribution in [0.25, 0.3) is 33.5 Å². The fraction of sp³-hybridized carbons (Fsp3) is 0.143. The van der Waals surface area contributed by atoms with E-state index in [2.05, 4.69) is 52.9 Å². The molecule has 0 unspecified atom stereocenters. The zero-order chi connectivity index (χ0) is 28.6. The van der Waals surface area contributed by atoms with Gasteiger partial charge >= 0.3 is 5.97 Å². The van der Waals surface area contributed by atoms with Crippen LogP contribution >= 0.6 is 47.8 Å². The number of carboxylic acid groups (broad SMARTS) is 1. The van der Waals surface area contributed by atoms with Gasteiger partial charge in [-0.05, 0) is 88.2 Å². The molecule has 2 heterocycles. The molecule has 0 aliphatic heterocycles. The number of fused-ring (bicyclic) bond motifs is 2. The molecule has 0 aliphatic carbocycles. The quantitative estimate of drug-likeness (QED) is 0.167. The normalized spacial score (nSPS) is 12.3. The van der Waals surface area contributed by atoms with Gasteiger partial charge in [-0.25, -0.2) is 9.78 Å². The molecule has 1 N–H and O–H groups in total. The van der Waals surface area contributed by atoms with Crippen LogP contribution in [0.15, 0.2) is 82.3 Å². The van der Waals surface area contributed by atoms with E-state index in [9.17, 15) is 14.7 Å². The van der Waals surface area contributed by atoms with Gasteiger partial charge in [-0.3, -0.25) is 4.79 Å². The molecule has 204 valence electrons. The number of aromatic nitrogens is 2. The van der Waals surface area contributed by atoms with Gasteiger partial charge in [0.25, 0.3) is 5.56 Å². The summed E-state index contributed by atoms with van der Waals surface area (Å²) in [6, 6.07) is 16.1. The summed E-state index contributed by atoms with van der Waals surface area (Å²) < 4.78 is 20.5. The molecular weight excluding hydrogens is 714 g/mol. The SMILES string of the molecule is CCOc1cc(C=Nn2c(-c3cc4cc(Br)ccc4o3)nc3ccccc3c2=O)c(Br)c(Br)c1O[C@@H](C)C(=O)O. The van der Waals surface area contributed by atoms with E-state index in [-0.39, 0.29) is 17.1 Å². The Morgan fingerprint density at radius 1 is 1.15 bits per heavy atom. The largest absolute Gasteiger partial charge is 0.490 e. The first-order valence-electron chi connectivity index (χ1n) is 12.0. The molecule has 5 rings (SSSR count). The average molecular weight is 734 g/mol. The van der Waals surface area contributed by atoms with Crippen LogP contribution in [0.5, 0.6) is 11.5 Å². The van der Waals surface area contributed by atoms with Crippen molar-refractivity contribution in [2.24, 2.45) is 5.10 Å². The Labute approximate surface area is 252 Å². The fourth-order valence-electron chi connectivity index (χ4n) is 3.93. The van der Waals surface area contributed by atoms with Crippen molar-refractivity contribution in [2.45, 2.75) is 20.0 Å². The maximum absolute atomic E-state index is 13.6. The Balaban J connectivity index is 1.67. The average Bonchev–Trinajstić information content (AvgIpc) is 3.35. The second-order valence-corrected chi connectivity index (χ2v) is 11.1. The maximum Gasteiger partial charge on any atom is 0.344 e.